The maximum absolute atomic E-state index is 13.4. The SMILES string of the molecule is CC(=O)N1CCN2C(=O)CN(C3CCCC3)CCNC(=O)c3cc(C(F)(F)F)ccc3OC[C@@H]2C1. The van der Waals surface area contributed by atoms with Gasteiger partial charge in [-0.05, 0) is 31.0 Å². The van der Waals surface area contributed by atoms with E-state index in [1.165, 1.54) is 6.92 Å². The fourth-order valence-corrected chi connectivity index (χ4v) is 5.14. The number of rotatable bonds is 1. The molecule has 0 radical (unpaired) electrons. The minimum Gasteiger partial charge on any atom is -0.491 e. The number of amides is 3. The van der Waals surface area contributed by atoms with Crippen molar-refractivity contribution in [1.82, 2.24) is 20.0 Å². The number of carbonyl (C=O) groups excluding carboxylic acids is 3. The highest BCUT2D eigenvalue weighted by Gasteiger charge is 2.36. The number of ether oxygens (including phenoxy) is 1. The lowest BCUT2D eigenvalue weighted by Gasteiger charge is -2.42. The summed E-state index contributed by atoms with van der Waals surface area (Å²) < 4.78 is 45.8. The Kier molecular flexibility index (Phi) is 7.53. The van der Waals surface area contributed by atoms with Gasteiger partial charge in [-0.1, -0.05) is 12.8 Å². The number of alkyl halides is 3. The molecule has 8 nitrogen and oxygen atoms in total. The summed E-state index contributed by atoms with van der Waals surface area (Å²) >= 11 is 0. The van der Waals surface area contributed by atoms with Crippen LogP contribution in [0.1, 0.15) is 48.5 Å². The number of nitrogens with zero attached hydrogens (tertiary/aromatic N) is 3. The molecule has 1 atom stereocenters. The van der Waals surface area contributed by atoms with Gasteiger partial charge in [0.05, 0.1) is 23.7 Å². The second-order valence-electron chi connectivity index (χ2n) is 9.39. The third-order valence-electron chi connectivity index (χ3n) is 7.10. The van der Waals surface area contributed by atoms with Crippen LogP contribution < -0.4 is 10.1 Å². The average molecular weight is 497 g/mol. The van der Waals surface area contributed by atoms with Gasteiger partial charge >= 0.3 is 6.18 Å². The molecule has 0 unspecified atom stereocenters. The summed E-state index contributed by atoms with van der Waals surface area (Å²) in [6.07, 6.45) is -0.538. The van der Waals surface area contributed by atoms with Crippen molar-refractivity contribution in [3.05, 3.63) is 29.3 Å². The zero-order chi connectivity index (χ0) is 25.2. The topological polar surface area (TPSA) is 82.2 Å². The molecule has 2 heterocycles. The molecule has 1 N–H and O–H groups in total. The summed E-state index contributed by atoms with van der Waals surface area (Å²) in [5, 5.41) is 2.70. The maximum Gasteiger partial charge on any atom is 0.416 e. The van der Waals surface area contributed by atoms with Crippen LogP contribution in [0.4, 0.5) is 13.2 Å². The van der Waals surface area contributed by atoms with Crippen molar-refractivity contribution in [2.24, 2.45) is 0 Å². The number of hydrogen-bond acceptors (Lipinski definition) is 5. The summed E-state index contributed by atoms with van der Waals surface area (Å²) in [4.78, 5) is 43.7. The zero-order valence-corrected chi connectivity index (χ0v) is 19.8. The molecule has 0 bridgehead atoms. The van der Waals surface area contributed by atoms with E-state index in [4.69, 9.17) is 4.74 Å². The molecular weight excluding hydrogens is 465 g/mol. The van der Waals surface area contributed by atoms with E-state index in [9.17, 15) is 27.6 Å². The Bertz CT molecular complexity index is 965. The van der Waals surface area contributed by atoms with Crippen molar-refractivity contribution >= 4 is 17.7 Å². The second kappa shape index (κ2) is 10.4. The molecule has 1 aromatic rings. The first-order valence-electron chi connectivity index (χ1n) is 12.0. The number of halogens is 3. The Morgan fingerprint density at radius 3 is 2.51 bits per heavy atom. The largest absolute Gasteiger partial charge is 0.491 e. The number of carbonyl (C=O) groups is 3. The molecule has 192 valence electrons. The van der Waals surface area contributed by atoms with E-state index in [1.807, 2.05) is 0 Å². The zero-order valence-electron chi connectivity index (χ0n) is 19.8. The van der Waals surface area contributed by atoms with Crippen LogP contribution in [0.25, 0.3) is 0 Å². The van der Waals surface area contributed by atoms with Crippen LogP contribution in [0.15, 0.2) is 18.2 Å². The van der Waals surface area contributed by atoms with Gasteiger partial charge in [-0.2, -0.15) is 13.2 Å². The quantitative estimate of drug-likeness (QED) is 0.644. The van der Waals surface area contributed by atoms with E-state index in [1.54, 1.807) is 9.80 Å². The lowest BCUT2D eigenvalue weighted by Crippen LogP contribution is -2.60. The van der Waals surface area contributed by atoms with E-state index < -0.39 is 23.7 Å². The molecule has 1 aromatic carbocycles. The predicted octanol–water partition coefficient (Wildman–Crippen LogP) is 2.13. The fraction of sp³-hybridized carbons (Fsp3) is 0.625. The lowest BCUT2D eigenvalue weighted by atomic mass is 10.1. The molecule has 35 heavy (non-hydrogen) atoms. The second-order valence-corrected chi connectivity index (χ2v) is 9.39. The van der Waals surface area contributed by atoms with Crippen LogP contribution in [-0.2, 0) is 15.8 Å². The van der Waals surface area contributed by atoms with Crippen LogP contribution in [0.3, 0.4) is 0 Å². The monoisotopic (exact) mass is 496 g/mol. The molecule has 2 aliphatic heterocycles. The predicted molar refractivity (Wildman–Crippen MR) is 121 cm³/mol. The molecule has 1 saturated heterocycles. The van der Waals surface area contributed by atoms with Crippen molar-refractivity contribution in [1.29, 1.82) is 0 Å². The number of piperazine rings is 1. The Balaban J connectivity index is 1.65. The van der Waals surface area contributed by atoms with E-state index in [2.05, 4.69) is 10.2 Å². The van der Waals surface area contributed by atoms with Gasteiger partial charge in [0.2, 0.25) is 11.8 Å². The highest BCUT2D eigenvalue weighted by molar-refractivity contribution is 5.97. The van der Waals surface area contributed by atoms with Crippen molar-refractivity contribution < 1.29 is 32.3 Å². The summed E-state index contributed by atoms with van der Waals surface area (Å²) in [5.74, 6) is -0.849. The summed E-state index contributed by atoms with van der Waals surface area (Å²) in [5.41, 5.74) is -1.15. The lowest BCUT2D eigenvalue weighted by molar-refractivity contribution is -0.144. The molecule has 0 spiro atoms. The number of nitrogens with one attached hydrogen (secondary N) is 1. The fourth-order valence-electron chi connectivity index (χ4n) is 5.14. The van der Waals surface area contributed by atoms with Crippen LogP contribution >= 0.6 is 0 Å². The van der Waals surface area contributed by atoms with Crippen molar-refractivity contribution in [3.8, 4) is 5.75 Å². The van der Waals surface area contributed by atoms with Gasteiger partial charge in [0, 0.05) is 45.7 Å². The molecule has 11 heteroatoms. The first-order chi connectivity index (χ1) is 16.6. The van der Waals surface area contributed by atoms with Gasteiger partial charge in [-0.15, -0.1) is 0 Å². The van der Waals surface area contributed by atoms with Gasteiger partial charge in [0.25, 0.3) is 5.91 Å². The standard InChI is InChI=1S/C24H31F3N4O4/c1-16(32)29-10-11-31-19(13-29)15-35-21-7-6-17(24(25,26)27)12-20(21)23(34)28-8-9-30(14-22(31)33)18-4-2-3-5-18/h6-7,12,18-19H,2-5,8-11,13-15H2,1H3,(H,28,34)/t19-/m0/s1. The molecule has 3 aliphatic rings. The molecule has 4 rings (SSSR count). The number of hydrogen-bond donors (Lipinski definition) is 1. The van der Waals surface area contributed by atoms with E-state index in [-0.39, 0.29) is 55.4 Å². The third-order valence-corrected chi connectivity index (χ3v) is 7.10. The number of fused-ring (bicyclic) bond motifs is 2. The Morgan fingerprint density at radius 2 is 1.83 bits per heavy atom. The third kappa shape index (κ3) is 5.88. The Labute approximate surface area is 202 Å². The number of benzene rings is 1. The van der Waals surface area contributed by atoms with Gasteiger partial charge in [0.15, 0.2) is 0 Å². The van der Waals surface area contributed by atoms with Gasteiger partial charge in [-0.25, -0.2) is 0 Å². The minimum atomic E-state index is -4.61. The average Bonchev–Trinajstić information content (AvgIpc) is 3.35. The summed E-state index contributed by atoms with van der Waals surface area (Å²) in [6.45, 7) is 3.21. The molecule has 1 saturated carbocycles. The van der Waals surface area contributed by atoms with Crippen molar-refractivity contribution in [2.75, 3.05) is 45.9 Å². The smallest absolute Gasteiger partial charge is 0.416 e. The molecule has 2 fully saturated rings. The minimum absolute atomic E-state index is 0.00902. The highest BCUT2D eigenvalue weighted by atomic mass is 19.4. The molecule has 0 aromatic heterocycles. The molecular formula is C24H31F3N4O4. The first kappa shape index (κ1) is 25.3. The normalized spacial score (nSPS) is 23.4. The van der Waals surface area contributed by atoms with Gasteiger partial charge in [-0.3, -0.25) is 19.3 Å². The van der Waals surface area contributed by atoms with E-state index >= 15 is 0 Å². The molecule has 3 amide bonds. The first-order valence-corrected chi connectivity index (χ1v) is 12.0. The van der Waals surface area contributed by atoms with Crippen LogP contribution in [0, 0.1) is 0 Å². The van der Waals surface area contributed by atoms with Crippen LogP contribution in [0.2, 0.25) is 0 Å². The molecule has 1 aliphatic carbocycles. The van der Waals surface area contributed by atoms with Crippen molar-refractivity contribution in [3.63, 3.8) is 0 Å². The van der Waals surface area contributed by atoms with Gasteiger partial charge in [0.1, 0.15) is 12.4 Å². The summed E-state index contributed by atoms with van der Waals surface area (Å²) in [6, 6.07) is 2.55. The van der Waals surface area contributed by atoms with Gasteiger partial charge < -0.3 is 19.9 Å². The van der Waals surface area contributed by atoms with Crippen molar-refractivity contribution in [2.45, 2.75) is 50.9 Å². The maximum atomic E-state index is 13.4. The van der Waals surface area contributed by atoms with Crippen LogP contribution in [-0.4, -0.2) is 90.4 Å². The van der Waals surface area contributed by atoms with E-state index in [0.29, 0.717) is 19.6 Å². The van der Waals surface area contributed by atoms with Crippen LogP contribution in [0.5, 0.6) is 5.75 Å². The highest BCUT2D eigenvalue weighted by Crippen LogP contribution is 2.33. The summed E-state index contributed by atoms with van der Waals surface area (Å²) in [7, 11) is 0. The Hall–Kier alpha value is -2.82. The Morgan fingerprint density at radius 1 is 1.09 bits per heavy atom. The van der Waals surface area contributed by atoms with E-state index in [0.717, 1.165) is 43.9 Å².